The van der Waals surface area contributed by atoms with Crippen molar-refractivity contribution in [2.45, 2.75) is 26.3 Å². The number of ether oxygens (including phenoxy) is 1. The summed E-state index contributed by atoms with van der Waals surface area (Å²) in [5.41, 5.74) is 3.46. The maximum Gasteiger partial charge on any atom is 0.248 e. The lowest BCUT2D eigenvalue weighted by molar-refractivity contribution is -0.118. The fourth-order valence-electron chi connectivity index (χ4n) is 2.72. The predicted octanol–water partition coefficient (Wildman–Crippen LogP) is 3.72. The Balaban J connectivity index is 1.87. The van der Waals surface area contributed by atoms with Crippen molar-refractivity contribution >= 4 is 27.5 Å². The summed E-state index contributed by atoms with van der Waals surface area (Å²) in [6.07, 6.45) is 1.13. The number of benzene rings is 2. The zero-order valence-electron chi connectivity index (χ0n) is 14.6. The van der Waals surface area contributed by atoms with Crippen LogP contribution in [-0.4, -0.2) is 24.2 Å². The molecule has 0 saturated heterocycles. The molecule has 0 aliphatic carbocycles. The first-order valence-electron chi connectivity index (χ1n) is 8.38. The maximum atomic E-state index is 12.4. The third-order valence-corrected chi connectivity index (χ3v) is 5.09. The number of hydrogen-bond donors (Lipinski definition) is 0. The SMILES string of the molecule is COCCn1c(=NC(=O)CCc2ccccc2)sc2cc(C)ccc21. The molecule has 0 spiro atoms. The monoisotopic (exact) mass is 354 g/mol. The molecule has 3 aromatic rings. The molecule has 0 bridgehead atoms. The Morgan fingerprint density at radius 1 is 1.20 bits per heavy atom. The fourth-order valence-corrected chi connectivity index (χ4v) is 3.89. The van der Waals surface area contributed by atoms with Gasteiger partial charge in [-0.3, -0.25) is 4.79 Å². The van der Waals surface area contributed by atoms with E-state index in [1.165, 1.54) is 5.56 Å². The lowest BCUT2D eigenvalue weighted by Gasteiger charge is -2.04. The zero-order chi connectivity index (χ0) is 17.6. The van der Waals surface area contributed by atoms with E-state index in [0.717, 1.165) is 20.6 Å². The van der Waals surface area contributed by atoms with E-state index in [0.29, 0.717) is 26.0 Å². The molecule has 0 atom stereocenters. The summed E-state index contributed by atoms with van der Waals surface area (Å²) in [7, 11) is 1.68. The molecular formula is C20H22N2O2S. The van der Waals surface area contributed by atoms with Gasteiger partial charge in [0.1, 0.15) is 0 Å². The van der Waals surface area contributed by atoms with Crippen LogP contribution in [0.2, 0.25) is 0 Å². The van der Waals surface area contributed by atoms with Gasteiger partial charge in [-0.2, -0.15) is 4.99 Å². The number of rotatable bonds is 6. The van der Waals surface area contributed by atoms with E-state index >= 15 is 0 Å². The Labute approximate surface area is 151 Å². The van der Waals surface area contributed by atoms with Crippen LogP contribution in [0.5, 0.6) is 0 Å². The van der Waals surface area contributed by atoms with Crippen molar-refractivity contribution < 1.29 is 9.53 Å². The second-order valence-corrected chi connectivity index (χ2v) is 7.00. The van der Waals surface area contributed by atoms with Gasteiger partial charge < -0.3 is 9.30 Å². The van der Waals surface area contributed by atoms with Crippen molar-refractivity contribution in [3.8, 4) is 0 Å². The Bertz CT molecular complexity index is 926. The van der Waals surface area contributed by atoms with Crippen LogP contribution in [-0.2, 0) is 22.5 Å². The highest BCUT2D eigenvalue weighted by Gasteiger charge is 2.08. The highest BCUT2D eigenvalue weighted by Crippen LogP contribution is 2.19. The molecule has 4 nitrogen and oxygen atoms in total. The van der Waals surface area contributed by atoms with Crippen LogP contribution in [0.1, 0.15) is 17.5 Å². The highest BCUT2D eigenvalue weighted by atomic mass is 32.1. The van der Waals surface area contributed by atoms with E-state index in [2.05, 4.69) is 34.7 Å². The van der Waals surface area contributed by atoms with Gasteiger partial charge in [0, 0.05) is 20.1 Å². The van der Waals surface area contributed by atoms with Gasteiger partial charge in [0.2, 0.25) is 5.91 Å². The number of hydrogen-bond acceptors (Lipinski definition) is 3. The number of aromatic nitrogens is 1. The number of amides is 1. The number of fused-ring (bicyclic) bond motifs is 1. The molecule has 0 saturated carbocycles. The minimum Gasteiger partial charge on any atom is -0.383 e. The molecule has 0 aliphatic rings. The predicted molar refractivity (Wildman–Crippen MR) is 102 cm³/mol. The van der Waals surface area contributed by atoms with Gasteiger partial charge >= 0.3 is 0 Å². The van der Waals surface area contributed by atoms with Gasteiger partial charge in [0.15, 0.2) is 4.80 Å². The molecule has 3 rings (SSSR count). The molecule has 1 aromatic heterocycles. The summed E-state index contributed by atoms with van der Waals surface area (Å²) < 4.78 is 8.43. The molecule has 5 heteroatoms. The number of nitrogens with zero attached hydrogens (tertiary/aromatic N) is 2. The van der Waals surface area contributed by atoms with Crippen molar-refractivity contribution in [2.75, 3.05) is 13.7 Å². The van der Waals surface area contributed by atoms with Crippen molar-refractivity contribution in [2.24, 2.45) is 4.99 Å². The zero-order valence-corrected chi connectivity index (χ0v) is 15.4. The largest absolute Gasteiger partial charge is 0.383 e. The third-order valence-electron chi connectivity index (χ3n) is 4.05. The first-order chi connectivity index (χ1) is 12.2. The van der Waals surface area contributed by atoms with E-state index < -0.39 is 0 Å². The van der Waals surface area contributed by atoms with Gasteiger partial charge in [-0.05, 0) is 36.6 Å². The summed E-state index contributed by atoms with van der Waals surface area (Å²) >= 11 is 1.56. The van der Waals surface area contributed by atoms with Crippen molar-refractivity contribution in [1.29, 1.82) is 0 Å². The average Bonchev–Trinajstić information content (AvgIpc) is 2.95. The van der Waals surface area contributed by atoms with Crippen LogP contribution in [0.4, 0.5) is 0 Å². The first-order valence-corrected chi connectivity index (χ1v) is 9.19. The van der Waals surface area contributed by atoms with E-state index in [9.17, 15) is 4.79 Å². The number of methoxy groups -OCH3 is 1. The number of aryl methyl sites for hydroxylation is 2. The Morgan fingerprint density at radius 2 is 2.00 bits per heavy atom. The summed E-state index contributed by atoms with van der Waals surface area (Å²) in [6, 6.07) is 16.3. The first kappa shape index (κ1) is 17.6. The van der Waals surface area contributed by atoms with Gasteiger partial charge in [-0.1, -0.05) is 47.7 Å². The maximum absolute atomic E-state index is 12.4. The number of carbonyl (C=O) groups is 1. The van der Waals surface area contributed by atoms with E-state index in [-0.39, 0.29) is 5.91 Å². The van der Waals surface area contributed by atoms with Crippen LogP contribution < -0.4 is 4.80 Å². The van der Waals surface area contributed by atoms with Crippen LogP contribution >= 0.6 is 11.3 Å². The lowest BCUT2D eigenvalue weighted by atomic mass is 10.1. The topological polar surface area (TPSA) is 43.6 Å². The Morgan fingerprint density at radius 3 is 2.76 bits per heavy atom. The molecule has 0 radical (unpaired) electrons. The molecule has 0 N–H and O–H groups in total. The second kappa shape index (κ2) is 8.23. The molecule has 1 amide bonds. The van der Waals surface area contributed by atoms with Crippen molar-refractivity contribution in [3.05, 3.63) is 64.5 Å². The minimum absolute atomic E-state index is 0.0849. The smallest absolute Gasteiger partial charge is 0.248 e. The molecule has 25 heavy (non-hydrogen) atoms. The Hall–Kier alpha value is -2.24. The average molecular weight is 354 g/mol. The molecule has 0 fully saturated rings. The summed E-state index contributed by atoms with van der Waals surface area (Å²) in [5.74, 6) is -0.0849. The standard InChI is InChI=1S/C20H22N2O2S/c1-15-8-10-17-18(14-15)25-20(22(17)12-13-24-2)21-19(23)11-9-16-6-4-3-5-7-16/h3-8,10,14H,9,11-13H2,1-2H3. The molecule has 130 valence electrons. The number of carbonyl (C=O) groups excluding carboxylic acids is 1. The summed E-state index contributed by atoms with van der Waals surface area (Å²) in [5, 5.41) is 0. The van der Waals surface area contributed by atoms with E-state index in [1.807, 2.05) is 30.3 Å². The van der Waals surface area contributed by atoms with Gasteiger partial charge in [0.05, 0.1) is 16.8 Å². The minimum atomic E-state index is -0.0849. The van der Waals surface area contributed by atoms with Gasteiger partial charge in [0.25, 0.3) is 0 Å². The van der Waals surface area contributed by atoms with Crippen LogP contribution in [0.15, 0.2) is 53.5 Å². The Kier molecular flexibility index (Phi) is 5.79. The van der Waals surface area contributed by atoms with Gasteiger partial charge in [-0.25, -0.2) is 0 Å². The number of thiazole rings is 1. The van der Waals surface area contributed by atoms with Crippen molar-refractivity contribution in [1.82, 2.24) is 4.57 Å². The van der Waals surface area contributed by atoms with Crippen LogP contribution in [0, 0.1) is 6.92 Å². The quantitative estimate of drug-likeness (QED) is 0.677. The molecule has 2 aromatic carbocycles. The van der Waals surface area contributed by atoms with Crippen LogP contribution in [0.3, 0.4) is 0 Å². The van der Waals surface area contributed by atoms with E-state index in [4.69, 9.17) is 4.74 Å². The van der Waals surface area contributed by atoms with Crippen LogP contribution in [0.25, 0.3) is 10.2 Å². The van der Waals surface area contributed by atoms with Crippen molar-refractivity contribution in [3.63, 3.8) is 0 Å². The molecule has 0 aliphatic heterocycles. The molecule has 0 unspecified atom stereocenters. The fraction of sp³-hybridized carbons (Fsp3) is 0.300. The third kappa shape index (κ3) is 4.44. The van der Waals surface area contributed by atoms with Gasteiger partial charge in [-0.15, -0.1) is 0 Å². The highest BCUT2D eigenvalue weighted by molar-refractivity contribution is 7.16. The second-order valence-electron chi connectivity index (χ2n) is 5.99. The summed E-state index contributed by atoms with van der Waals surface area (Å²) in [6.45, 7) is 3.34. The molecular weight excluding hydrogens is 332 g/mol. The summed E-state index contributed by atoms with van der Waals surface area (Å²) in [4.78, 5) is 17.5. The van der Waals surface area contributed by atoms with E-state index in [1.54, 1.807) is 18.4 Å². The lowest BCUT2D eigenvalue weighted by Crippen LogP contribution is -2.19. The molecule has 1 heterocycles. The normalized spacial score (nSPS) is 12.0.